The average Bonchev–Trinajstić information content (AvgIpc) is 3.99. The summed E-state index contributed by atoms with van der Waals surface area (Å²) in [6.07, 6.45) is 13.8. The number of pyridine rings is 1. The van der Waals surface area contributed by atoms with Gasteiger partial charge in [0.2, 0.25) is 0 Å². The smallest absolute Gasteiger partial charge is 0.297 e. The number of piperidine rings is 1. The number of aliphatic hydroxyl groups is 1. The SMILES string of the molecule is CC(C)c1ccccc1[C@@H]1CCCN1C1CC2(CCN(c3ccc(C(=O)NS(=O)(=O)c4cc5c(c([N+](=O)[O-])c4)N[C@H](C[C@H]4CC[C@H](O)CC4)CO5)c(Oc4cnc5[nH]ccc5c4)c3)CC2)C1. The lowest BCUT2D eigenvalue weighted by Crippen LogP contribution is -2.54. The molecule has 4 N–H and O–H groups in total. The molecular weight excluding hydrogens is 859 g/mol. The first kappa shape index (κ1) is 44.1. The summed E-state index contributed by atoms with van der Waals surface area (Å²) >= 11 is 0. The van der Waals surface area contributed by atoms with Crippen molar-refractivity contribution < 1.29 is 32.7 Å². The number of aromatic amines is 1. The van der Waals surface area contributed by atoms with Crippen LogP contribution in [0.3, 0.4) is 0 Å². The summed E-state index contributed by atoms with van der Waals surface area (Å²) in [5.41, 5.74) is 4.36. The number of nitro benzene ring substituents is 1. The third-order valence-electron chi connectivity index (χ3n) is 15.1. The molecule has 2 aliphatic carbocycles. The molecule has 4 fully saturated rings. The van der Waals surface area contributed by atoms with Gasteiger partial charge in [0.25, 0.3) is 21.6 Å². The summed E-state index contributed by atoms with van der Waals surface area (Å²) in [5, 5.41) is 26.3. The fourth-order valence-corrected chi connectivity index (χ4v) is 12.5. The van der Waals surface area contributed by atoms with E-state index in [0.29, 0.717) is 47.2 Å². The zero-order chi connectivity index (χ0) is 45.7. The van der Waals surface area contributed by atoms with Gasteiger partial charge in [0.05, 0.1) is 33.7 Å². The molecule has 3 aliphatic heterocycles. The number of H-pyrrole nitrogens is 1. The number of hydrogen-bond acceptors (Lipinski definition) is 12. The summed E-state index contributed by atoms with van der Waals surface area (Å²) in [6, 6.07) is 20.8. The van der Waals surface area contributed by atoms with E-state index in [1.165, 1.54) is 42.9 Å². The molecule has 348 valence electrons. The Morgan fingerprint density at radius 3 is 2.59 bits per heavy atom. The molecule has 5 aliphatic rings. The van der Waals surface area contributed by atoms with Crippen LogP contribution in [0.5, 0.6) is 17.2 Å². The highest BCUT2D eigenvalue weighted by molar-refractivity contribution is 7.90. The van der Waals surface area contributed by atoms with Crippen molar-refractivity contribution in [1.29, 1.82) is 0 Å². The fraction of sp³-hybridized carbons (Fsp3) is 0.480. The van der Waals surface area contributed by atoms with Crippen molar-refractivity contribution in [3.05, 3.63) is 106 Å². The van der Waals surface area contributed by atoms with Gasteiger partial charge in [-0.25, -0.2) is 18.1 Å². The second kappa shape index (κ2) is 17.8. The molecule has 0 radical (unpaired) electrons. The van der Waals surface area contributed by atoms with E-state index in [0.717, 1.165) is 75.3 Å². The number of sulfonamides is 1. The van der Waals surface area contributed by atoms with E-state index in [9.17, 15) is 28.4 Å². The Morgan fingerprint density at radius 2 is 1.82 bits per heavy atom. The Kier molecular flexibility index (Phi) is 11.9. The van der Waals surface area contributed by atoms with Crippen molar-refractivity contribution in [2.75, 3.05) is 36.5 Å². The number of aliphatic hydroxyl groups excluding tert-OH is 1. The molecule has 2 saturated heterocycles. The zero-order valence-electron chi connectivity index (χ0n) is 37.6. The largest absolute Gasteiger partial charge is 0.489 e. The van der Waals surface area contributed by atoms with Crippen LogP contribution < -0.4 is 24.4 Å². The number of fused-ring (bicyclic) bond motifs is 2. The zero-order valence-corrected chi connectivity index (χ0v) is 38.4. The van der Waals surface area contributed by atoms with Gasteiger partial charge in [-0.2, -0.15) is 0 Å². The first-order chi connectivity index (χ1) is 31.8. The van der Waals surface area contributed by atoms with Crippen LogP contribution >= 0.6 is 0 Å². The van der Waals surface area contributed by atoms with Crippen molar-refractivity contribution in [3.63, 3.8) is 0 Å². The lowest BCUT2D eigenvalue weighted by molar-refractivity contribution is -0.384. The molecule has 10 rings (SSSR count). The highest BCUT2D eigenvalue weighted by Gasteiger charge is 2.50. The molecule has 2 saturated carbocycles. The molecule has 5 heterocycles. The van der Waals surface area contributed by atoms with Crippen molar-refractivity contribution in [2.45, 2.75) is 120 Å². The number of likely N-dealkylation sites (tertiary alicyclic amines) is 1. The number of nitrogens with zero attached hydrogens (tertiary/aromatic N) is 4. The van der Waals surface area contributed by atoms with Crippen molar-refractivity contribution >= 4 is 44.0 Å². The molecule has 16 heteroatoms. The lowest BCUT2D eigenvalue weighted by atomic mass is 9.59. The molecular formula is C50H59N7O8S. The van der Waals surface area contributed by atoms with Crippen LogP contribution in [0.1, 0.15) is 118 Å². The number of ether oxygens (including phenoxy) is 2. The van der Waals surface area contributed by atoms with Gasteiger partial charge in [-0.1, -0.05) is 38.1 Å². The Balaban J connectivity index is 0.848. The van der Waals surface area contributed by atoms with E-state index in [4.69, 9.17) is 9.47 Å². The van der Waals surface area contributed by atoms with Gasteiger partial charge in [-0.05, 0) is 130 Å². The Labute approximate surface area is 385 Å². The molecule has 1 amide bonds. The van der Waals surface area contributed by atoms with Crippen molar-refractivity contribution in [3.8, 4) is 17.2 Å². The van der Waals surface area contributed by atoms with Gasteiger partial charge in [-0.15, -0.1) is 0 Å². The third kappa shape index (κ3) is 8.82. The van der Waals surface area contributed by atoms with E-state index in [1.54, 1.807) is 30.6 Å². The van der Waals surface area contributed by atoms with Gasteiger partial charge in [0, 0.05) is 60.6 Å². The quantitative estimate of drug-likeness (QED) is 0.0686. The van der Waals surface area contributed by atoms with Gasteiger partial charge in [0.15, 0.2) is 11.4 Å². The number of nitro groups is 1. The molecule has 3 aromatic carbocycles. The molecule has 0 unspecified atom stereocenters. The minimum Gasteiger partial charge on any atom is -0.489 e. The number of hydrogen-bond donors (Lipinski definition) is 4. The lowest BCUT2D eigenvalue weighted by Gasteiger charge is -2.56. The van der Waals surface area contributed by atoms with E-state index >= 15 is 0 Å². The number of carbonyl (C=O) groups excluding carboxylic acids is 1. The minimum absolute atomic E-state index is 0.0155. The molecule has 0 bridgehead atoms. The summed E-state index contributed by atoms with van der Waals surface area (Å²) in [7, 11) is -4.65. The number of amides is 1. The summed E-state index contributed by atoms with van der Waals surface area (Å²) in [4.78, 5) is 37.9. The first-order valence-corrected chi connectivity index (χ1v) is 25.1. The molecule has 2 atom stereocenters. The predicted molar refractivity (Wildman–Crippen MR) is 252 cm³/mol. The summed E-state index contributed by atoms with van der Waals surface area (Å²) < 4.78 is 42.4. The predicted octanol–water partition coefficient (Wildman–Crippen LogP) is 9.21. The van der Waals surface area contributed by atoms with E-state index in [1.807, 2.05) is 12.1 Å². The molecule has 2 aromatic heterocycles. The van der Waals surface area contributed by atoms with Crippen LogP contribution in [-0.2, 0) is 10.0 Å². The van der Waals surface area contributed by atoms with Crippen LogP contribution in [0, 0.1) is 21.4 Å². The van der Waals surface area contributed by atoms with Crippen LogP contribution in [-0.4, -0.2) is 83.7 Å². The molecule has 15 nitrogen and oxygen atoms in total. The Morgan fingerprint density at radius 1 is 1.03 bits per heavy atom. The number of benzene rings is 3. The van der Waals surface area contributed by atoms with Gasteiger partial charge < -0.3 is 29.8 Å². The number of nitrogens with one attached hydrogen (secondary N) is 3. The minimum atomic E-state index is -4.65. The number of carbonyl (C=O) groups is 1. The number of aromatic nitrogens is 2. The van der Waals surface area contributed by atoms with Crippen LogP contribution in [0.15, 0.2) is 84.0 Å². The van der Waals surface area contributed by atoms with Gasteiger partial charge in [0.1, 0.15) is 23.8 Å². The third-order valence-corrected chi connectivity index (χ3v) is 16.4. The standard InChI is InChI=1S/C50H59N7O8S/c1-31(2)40-6-3-4-7-41(40)43-8-5-19-56(43)36-27-50(28-36)16-20-55(21-17-50)35-11-14-42(45(24-35)65-38-23-33-15-18-51-48(33)52-29-38)49(59)54-66(62,63)39-25-44(57(60)61)47-46(26-39)64-30-34(53-47)22-32-9-12-37(58)13-10-32/h3-4,6-7,11,14-15,18,23-26,29,31-32,34,36-37,43,53,58H,5,8-10,12-13,16-17,19-22,27-28,30H2,1-2H3,(H,51,52)(H,54,59)/t32-,34-,37-,43+/m1/s1. The molecule has 1 spiro atoms. The highest BCUT2D eigenvalue weighted by atomic mass is 32.2. The van der Waals surface area contributed by atoms with E-state index < -0.39 is 31.4 Å². The molecule has 5 aromatic rings. The Bertz CT molecular complexity index is 2740. The maximum absolute atomic E-state index is 14.1. The summed E-state index contributed by atoms with van der Waals surface area (Å²) in [5.74, 6) is 0.385. The van der Waals surface area contributed by atoms with Gasteiger partial charge >= 0.3 is 0 Å². The second-order valence-corrected chi connectivity index (χ2v) is 21.3. The summed E-state index contributed by atoms with van der Waals surface area (Å²) in [6.45, 7) is 7.57. The highest BCUT2D eigenvalue weighted by Crippen LogP contribution is 2.54. The van der Waals surface area contributed by atoms with Crippen LogP contribution in [0.4, 0.5) is 17.1 Å². The van der Waals surface area contributed by atoms with Crippen molar-refractivity contribution in [2.24, 2.45) is 11.3 Å². The monoisotopic (exact) mass is 917 g/mol. The average molecular weight is 918 g/mol. The maximum Gasteiger partial charge on any atom is 0.297 e. The topological polar surface area (TPSA) is 192 Å². The second-order valence-electron chi connectivity index (χ2n) is 19.7. The van der Waals surface area contributed by atoms with Crippen molar-refractivity contribution in [1.82, 2.24) is 19.6 Å². The molecule has 66 heavy (non-hydrogen) atoms. The van der Waals surface area contributed by atoms with E-state index in [-0.39, 0.29) is 41.5 Å². The first-order valence-electron chi connectivity index (χ1n) is 23.6. The Hall–Kier alpha value is -5.71. The van der Waals surface area contributed by atoms with E-state index in [2.05, 4.69) is 67.9 Å². The normalized spacial score (nSPS) is 23.2. The van der Waals surface area contributed by atoms with Crippen LogP contribution in [0.2, 0.25) is 0 Å². The van der Waals surface area contributed by atoms with Gasteiger partial charge in [-0.3, -0.25) is 19.8 Å². The maximum atomic E-state index is 14.1. The number of rotatable bonds is 12. The van der Waals surface area contributed by atoms with Crippen LogP contribution in [0.25, 0.3) is 11.0 Å². The fourth-order valence-electron chi connectivity index (χ4n) is 11.5. The number of anilines is 2.